The molecule has 0 nitrogen and oxygen atoms in total. The average Bonchev–Trinajstić information content (AvgIpc) is 3.67. The summed E-state index contributed by atoms with van der Waals surface area (Å²) in [6.07, 6.45) is 23.4. The van der Waals surface area contributed by atoms with Gasteiger partial charge >= 0.3 is 0 Å². The third-order valence-corrected chi connectivity index (χ3v) is 7.47. The summed E-state index contributed by atoms with van der Waals surface area (Å²) in [4.78, 5) is 0. The molecule has 0 atom stereocenters. The van der Waals surface area contributed by atoms with Crippen LogP contribution in [0.4, 0.5) is 0 Å². The molecule has 258 valence electrons. The van der Waals surface area contributed by atoms with Gasteiger partial charge in [0.15, 0.2) is 0 Å². The summed E-state index contributed by atoms with van der Waals surface area (Å²) in [6.45, 7) is 41.1. The molecule has 0 amide bonds. The molecule has 3 aliphatic rings. The van der Waals surface area contributed by atoms with E-state index in [4.69, 9.17) is 0 Å². The van der Waals surface area contributed by atoms with Gasteiger partial charge in [0.05, 0.1) is 0 Å². The summed E-state index contributed by atoms with van der Waals surface area (Å²) >= 11 is 0. The van der Waals surface area contributed by atoms with E-state index in [2.05, 4.69) is 90.0 Å². The molecule has 0 heteroatoms. The zero-order chi connectivity index (χ0) is 33.7. The minimum Gasteiger partial charge on any atom is -0.0683 e. The van der Waals surface area contributed by atoms with E-state index in [9.17, 15) is 0 Å². The van der Waals surface area contributed by atoms with Crippen LogP contribution in [0.1, 0.15) is 234 Å². The summed E-state index contributed by atoms with van der Waals surface area (Å²) in [6, 6.07) is 0. The lowest BCUT2D eigenvalue weighted by molar-refractivity contribution is 0.385. The van der Waals surface area contributed by atoms with Crippen LogP contribution in [0.3, 0.4) is 0 Å². The Morgan fingerprint density at radius 1 is 0.512 bits per heavy atom. The Morgan fingerprint density at radius 2 is 0.732 bits per heavy atom. The number of hydrogen-bond acceptors (Lipinski definition) is 0. The first-order chi connectivity index (χ1) is 19.3. The minimum atomic E-state index is 0.542. The first kappa shape index (κ1) is 53.6. The van der Waals surface area contributed by atoms with Crippen molar-refractivity contribution < 1.29 is 0 Å². The maximum atomic E-state index is 2.36. The van der Waals surface area contributed by atoms with Crippen LogP contribution in [0.25, 0.3) is 0 Å². The Morgan fingerprint density at radius 3 is 0.829 bits per heavy atom. The van der Waals surface area contributed by atoms with E-state index in [0.29, 0.717) is 5.41 Å². The van der Waals surface area contributed by atoms with Crippen LogP contribution >= 0.6 is 0 Å². The molecule has 3 saturated carbocycles. The van der Waals surface area contributed by atoms with Gasteiger partial charge in [-0.05, 0) is 35.0 Å². The van der Waals surface area contributed by atoms with Crippen molar-refractivity contribution in [3.05, 3.63) is 0 Å². The quantitative estimate of drug-likeness (QED) is 0.302. The normalized spacial score (nSPS) is 16.3. The smallest absolute Gasteiger partial charge is 0.0385 e. The maximum Gasteiger partial charge on any atom is -0.0385 e. The van der Waals surface area contributed by atoms with Crippen molar-refractivity contribution in [2.24, 2.45) is 35.0 Å². The lowest BCUT2D eigenvalue weighted by Gasteiger charge is -2.15. The highest BCUT2D eigenvalue weighted by molar-refractivity contribution is 4.64. The maximum absolute atomic E-state index is 2.36. The topological polar surface area (TPSA) is 0 Å². The second-order valence-corrected chi connectivity index (χ2v) is 14.1. The highest BCUT2D eigenvalue weighted by Gasteiger charge is 2.11. The second kappa shape index (κ2) is 44.4. The number of hydrogen-bond donors (Lipinski definition) is 0. The summed E-state index contributed by atoms with van der Waals surface area (Å²) in [7, 11) is 0. The van der Waals surface area contributed by atoms with Crippen molar-refractivity contribution in [3.63, 3.8) is 0 Å². The van der Waals surface area contributed by atoms with E-state index in [0.717, 1.165) is 29.6 Å². The van der Waals surface area contributed by atoms with Gasteiger partial charge in [0.2, 0.25) is 0 Å². The number of rotatable bonds is 2. The van der Waals surface area contributed by atoms with Gasteiger partial charge < -0.3 is 0 Å². The van der Waals surface area contributed by atoms with Crippen LogP contribution in [0.5, 0.6) is 0 Å². The Bertz CT molecular complexity index is 351. The zero-order valence-corrected chi connectivity index (χ0v) is 33.7. The van der Waals surface area contributed by atoms with Crippen molar-refractivity contribution in [3.8, 4) is 0 Å². The van der Waals surface area contributed by atoms with Gasteiger partial charge in [-0.3, -0.25) is 0 Å². The lowest BCUT2D eigenvalue weighted by Crippen LogP contribution is -2.00. The molecule has 0 radical (unpaired) electrons. The third kappa shape index (κ3) is 68.7. The Hall–Kier alpha value is 0. The molecule has 0 heterocycles. The molecule has 0 saturated heterocycles. The molecule has 0 spiro atoms. The van der Waals surface area contributed by atoms with Gasteiger partial charge in [-0.1, -0.05) is 234 Å². The SMILES string of the molecule is CC.CC.CC.CC(C)C.CC1CCCC1.CC1CCCCC1.CCC(C)(C)C.CCC(C)C.CCC1CCCC1. The van der Waals surface area contributed by atoms with Crippen LogP contribution in [-0.4, -0.2) is 0 Å². The zero-order valence-electron chi connectivity index (χ0n) is 33.7. The van der Waals surface area contributed by atoms with Crippen LogP contribution in [0.2, 0.25) is 0 Å². The molecule has 3 aliphatic carbocycles. The largest absolute Gasteiger partial charge is 0.0683 e. The van der Waals surface area contributed by atoms with Gasteiger partial charge in [-0.2, -0.15) is 0 Å². The van der Waals surface area contributed by atoms with E-state index in [-0.39, 0.29) is 0 Å². The van der Waals surface area contributed by atoms with Gasteiger partial charge in [0.25, 0.3) is 0 Å². The van der Waals surface area contributed by atoms with E-state index >= 15 is 0 Å². The van der Waals surface area contributed by atoms with Crippen LogP contribution in [-0.2, 0) is 0 Å². The van der Waals surface area contributed by atoms with E-state index in [1.54, 1.807) is 0 Å². The molecule has 0 bridgehead atoms. The standard InChI is InChI=1S/2C7H14.C6H12.C6H14.C5H12.C4H10.3C2H6/c1-7-5-3-2-4-6-7;1-2-7-5-3-4-6-7;1-6-4-2-3-5-6;1-5-6(2,3)4;1-4-5(2)3;1-4(2)3;3*1-2/h2*7H,2-6H2,1H3;6H,2-5H2,1H3;5H2,1-4H3;5H,4H2,1-3H3;4H,1-3H3;3*1-2H3. The van der Waals surface area contributed by atoms with Crippen molar-refractivity contribution in [2.45, 2.75) is 234 Å². The molecule has 0 aromatic carbocycles. The van der Waals surface area contributed by atoms with E-state index in [1.807, 2.05) is 41.5 Å². The predicted molar refractivity (Wildman–Crippen MR) is 202 cm³/mol. The summed E-state index contributed by atoms with van der Waals surface area (Å²) in [5, 5.41) is 0. The van der Waals surface area contributed by atoms with Crippen molar-refractivity contribution in [1.29, 1.82) is 0 Å². The second-order valence-electron chi connectivity index (χ2n) is 14.1. The fourth-order valence-corrected chi connectivity index (χ4v) is 3.86. The van der Waals surface area contributed by atoms with Crippen molar-refractivity contribution in [1.82, 2.24) is 0 Å². The molecule has 0 N–H and O–H groups in total. The van der Waals surface area contributed by atoms with Gasteiger partial charge in [0, 0.05) is 0 Å². The lowest BCUT2D eigenvalue weighted by atomic mass is 9.91. The Labute approximate surface area is 268 Å². The molecular formula is C41H94. The molecule has 0 unspecified atom stereocenters. The molecule has 41 heavy (non-hydrogen) atoms. The highest BCUT2D eigenvalue weighted by atomic mass is 14.2. The van der Waals surface area contributed by atoms with Crippen LogP contribution < -0.4 is 0 Å². The van der Waals surface area contributed by atoms with Crippen molar-refractivity contribution in [2.75, 3.05) is 0 Å². The average molecular weight is 587 g/mol. The van der Waals surface area contributed by atoms with Crippen LogP contribution in [0.15, 0.2) is 0 Å². The van der Waals surface area contributed by atoms with Gasteiger partial charge in [-0.15, -0.1) is 0 Å². The molecule has 0 aliphatic heterocycles. The highest BCUT2D eigenvalue weighted by Crippen LogP contribution is 2.26. The summed E-state index contributed by atoms with van der Waals surface area (Å²) in [5.41, 5.74) is 0.542. The van der Waals surface area contributed by atoms with Gasteiger partial charge in [-0.25, -0.2) is 0 Å². The van der Waals surface area contributed by atoms with Crippen molar-refractivity contribution >= 4 is 0 Å². The first-order valence-electron chi connectivity index (χ1n) is 19.3. The molecular weight excluding hydrogens is 492 g/mol. The summed E-state index contributed by atoms with van der Waals surface area (Å²) < 4.78 is 0. The van der Waals surface area contributed by atoms with Crippen LogP contribution in [0, 0.1) is 35.0 Å². The molecule has 0 aromatic rings. The van der Waals surface area contributed by atoms with E-state index in [1.165, 1.54) is 103 Å². The Kier molecular flexibility index (Phi) is 58.0. The Balaban J connectivity index is -0.0000000871. The minimum absolute atomic E-state index is 0.542. The summed E-state index contributed by atoms with van der Waals surface area (Å²) in [5.74, 6) is 4.90. The van der Waals surface area contributed by atoms with Gasteiger partial charge in [0.1, 0.15) is 0 Å². The predicted octanol–water partition coefficient (Wildman–Crippen LogP) is 16.6. The van der Waals surface area contributed by atoms with E-state index < -0.39 is 0 Å². The first-order valence-corrected chi connectivity index (χ1v) is 19.3. The fourth-order valence-electron chi connectivity index (χ4n) is 3.86. The molecule has 0 aromatic heterocycles. The molecule has 3 rings (SSSR count). The fraction of sp³-hybridized carbons (Fsp3) is 1.00. The monoisotopic (exact) mass is 587 g/mol. The molecule has 3 fully saturated rings. The third-order valence-electron chi connectivity index (χ3n) is 7.47.